The summed E-state index contributed by atoms with van der Waals surface area (Å²) in [4.78, 5) is 38.1. The predicted molar refractivity (Wildman–Crippen MR) is 122 cm³/mol. The first-order valence-electron chi connectivity index (χ1n) is 10.1. The number of amides is 1. The summed E-state index contributed by atoms with van der Waals surface area (Å²) < 4.78 is 29.7. The van der Waals surface area contributed by atoms with Gasteiger partial charge in [0.25, 0.3) is 0 Å². The number of likely N-dealkylation sites (N-methyl/N-ethyl adjacent to an activating group) is 1. The Bertz CT molecular complexity index is 1220. The quantitative estimate of drug-likeness (QED) is 0.367. The standard InChI is InChI=1S/C21H25N5O7S/c1-12-10-22-14(13(2)17(12)32-5)11-34(30)19-24-18-15(6-7-16(23-18)31-4)26(19)20(27)25(3)8-9-33-21(28)29/h6-7,10H,8-9,11H2,1-5H3,(H,28,29). The van der Waals surface area contributed by atoms with E-state index in [2.05, 4.69) is 19.7 Å². The summed E-state index contributed by atoms with van der Waals surface area (Å²) >= 11 is -1.78. The van der Waals surface area contributed by atoms with Crippen LogP contribution < -0.4 is 9.47 Å². The minimum absolute atomic E-state index is 0.0119. The smallest absolute Gasteiger partial charge is 0.505 e. The summed E-state index contributed by atoms with van der Waals surface area (Å²) in [7, 11) is 4.47. The third-order valence-electron chi connectivity index (χ3n) is 5.06. The highest BCUT2D eigenvalue weighted by Gasteiger charge is 2.30. The van der Waals surface area contributed by atoms with Crippen LogP contribution >= 0.6 is 0 Å². The molecule has 34 heavy (non-hydrogen) atoms. The topological polar surface area (TPSA) is 152 Å². The van der Waals surface area contributed by atoms with Crippen molar-refractivity contribution in [3.63, 3.8) is 0 Å². The molecule has 3 aromatic rings. The molecule has 0 saturated heterocycles. The lowest BCUT2D eigenvalue weighted by molar-refractivity contribution is 0.0853. The van der Waals surface area contributed by atoms with Gasteiger partial charge in [-0.15, -0.1) is 0 Å². The first-order chi connectivity index (χ1) is 16.2. The molecule has 0 bridgehead atoms. The molecule has 0 aromatic carbocycles. The van der Waals surface area contributed by atoms with E-state index in [0.29, 0.717) is 17.0 Å². The molecule has 12 nitrogen and oxygen atoms in total. The summed E-state index contributed by atoms with van der Waals surface area (Å²) in [5.41, 5.74) is 2.63. The average molecular weight is 492 g/mol. The van der Waals surface area contributed by atoms with Crippen LogP contribution in [0.15, 0.2) is 23.5 Å². The second kappa shape index (κ2) is 10.6. The lowest BCUT2D eigenvalue weighted by Crippen LogP contribution is -2.35. The predicted octanol–water partition coefficient (Wildman–Crippen LogP) is 2.36. The highest BCUT2D eigenvalue weighted by Crippen LogP contribution is 2.28. The number of aryl methyl sites for hydroxylation is 1. The van der Waals surface area contributed by atoms with Gasteiger partial charge in [-0.3, -0.25) is 4.98 Å². The van der Waals surface area contributed by atoms with Crippen LogP contribution in [0.5, 0.6) is 11.6 Å². The minimum atomic E-state index is -1.78. The Morgan fingerprint density at radius 2 is 1.94 bits per heavy atom. The molecular formula is C21H25N5O7S. The van der Waals surface area contributed by atoms with Gasteiger partial charge in [0.2, 0.25) is 5.88 Å². The van der Waals surface area contributed by atoms with Crippen LogP contribution in [-0.4, -0.2) is 80.7 Å². The second-order valence-electron chi connectivity index (χ2n) is 7.28. The lowest BCUT2D eigenvalue weighted by atomic mass is 10.1. The van der Waals surface area contributed by atoms with Crippen LogP contribution in [0.2, 0.25) is 0 Å². The van der Waals surface area contributed by atoms with Crippen LogP contribution in [0.3, 0.4) is 0 Å². The van der Waals surface area contributed by atoms with Gasteiger partial charge in [0.05, 0.1) is 26.5 Å². The number of ether oxygens (including phenoxy) is 3. The summed E-state index contributed by atoms with van der Waals surface area (Å²) in [6, 6.07) is 2.58. The van der Waals surface area contributed by atoms with Gasteiger partial charge in [-0.05, 0) is 19.9 Å². The van der Waals surface area contributed by atoms with E-state index in [4.69, 9.17) is 14.6 Å². The number of pyridine rings is 2. The van der Waals surface area contributed by atoms with Crippen molar-refractivity contribution in [2.45, 2.75) is 24.8 Å². The first kappa shape index (κ1) is 25.1. The van der Waals surface area contributed by atoms with E-state index in [0.717, 1.165) is 11.1 Å². The Hall–Kier alpha value is -3.58. The number of carboxylic acid groups (broad SMARTS) is 1. The lowest BCUT2D eigenvalue weighted by Gasteiger charge is -2.19. The molecule has 0 aliphatic heterocycles. The van der Waals surface area contributed by atoms with Gasteiger partial charge in [0.15, 0.2) is 11.4 Å². The van der Waals surface area contributed by atoms with Gasteiger partial charge in [-0.1, -0.05) is 0 Å². The molecular weight excluding hydrogens is 466 g/mol. The number of rotatable bonds is 8. The van der Waals surface area contributed by atoms with Crippen LogP contribution in [-0.2, 0) is 21.7 Å². The third kappa shape index (κ3) is 5.15. The van der Waals surface area contributed by atoms with E-state index in [1.807, 2.05) is 13.8 Å². The molecule has 0 spiro atoms. The third-order valence-corrected chi connectivity index (χ3v) is 6.28. The van der Waals surface area contributed by atoms with Crippen LogP contribution in [0.4, 0.5) is 9.59 Å². The molecule has 3 heterocycles. The highest BCUT2D eigenvalue weighted by atomic mass is 32.2. The Balaban J connectivity index is 2.00. The van der Waals surface area contributed by atoms with Gasteiger partial charge in [-0.25, -0.2) is 14.2 Å². The number of fused-ring (bicyclic) bond motifs is 1. The number of imidazole rings is 1. The average Bonchev–Trinajstić information content (AvgIpc) is 3.19. The Kier molecular flexibility index (Phi) is 7.79. The molecule has 0 aliphatic rings. The highest BCUT2D eigenvalue weighted by molar-refractivity contribution is 7.90. The number of carbonyl (C=O) groups excluding carboxylic acids is 1. The van der Waals surface area contributed by atoms with Crippen molar-refractivity contribution < 1.29 is 33.5 Å². The van der Waals surface area contributed by atoms with E-state index in [1.54, 1.807) is 25.4 Å². The Labute approximate surface area is 198 Å². The zero-order valence-corrected chi connectivity index (χ0v) is 20.2. The van der Waals surface area contributed by atoms with Crippen molar-refractivity contribution in [2.24, 2.45) is 0 Å². The molecule has 0 aliphatic carbocycles. The summed E-state index contributed by atoms with van der Waals surface area (Å²) in [5.74, 6) is 0.921. The minimum Gasteiger partial charge on any atom is -0.609 e. The molecule has 1 atom stereocenters. The fraction of sp³-hybridized carbons (Fsp3) is 0.381. The molecule has 0 fully saturated rings. The van der Waals surface area contributed by atoms with Crippen molar-refractivity contribution in [3.8, 4) is 11.6 Å². The maximum Gasteiger partial charge on any atom is 0.505 e. The Morgan fingerprint density at radius 1 is 1.21 bits per heavy atom. The largest absolute Gasteiger partial charge is 0.609 e. The van der Waals surface area contributed by atoms with Crippen molar-refractivity contribution >= 4 is 34.5 Å². The molecule has 0 saturated carbocycles. The van der Waals surface area contributed by atoms with Crippen LogP contribution in [0, 0.1) is 13.8 Å². The monoisotopic (exact) mass is 491 g/mol. The van der Waals surface area contributed by atoms with Crippen molar-refractivity contribution in [1.29, 1.82) is 0 Å². The molecule has 1 N–H and O–H groups in total. The first-order valence-corrected chi connectivity index (χ1v) is 11.4. The van der Waals surface area contributed by atoms with Gasteiger partial charge in [0.1, 0.15) is 17.9 Å². The zero-order chi connectivity index (χ0) is 25.0. The second-order valence-corrected chi connectivity index (χ2v) is 8.63. The van der Waals surface area contributed by atoms with E-state index in [-0.39, 0.29) is 35.6 Å². The molecule has 13 heteroatoms. The van der Waals surface area contributed by atoms with E-state index >= 15 is 0 Å². The SMILES string of the molecule is COc1ccc2c(n1)nc([S+]([O-])Cc1ncc(C)c(OC)c1C)n2C(=O)N(C)CCOC(=O)O. The number of nitrogens with zero attached hydrogens (tertiary/aromatic N) is 5. The normalized spacial score (nSPS) is 11.8. The number of hydrogen-bond acceptors (Lipinski definition) is 9. The van der Waals surface area contributed by atoms with Gasteiger partial charge in [-0.2, -0.15) is 9.97 Å². The van der Waals surface area contributed by atoms with E-state index in [1.165, 1.54) is 23.6 Å². The number of aromatic nitrogens is 4. The fourth-order valence-corrected chi connectivity index (χ4v) is 4.55. The molecule has 1 unspecified atom stereocenters. The maximum absolute atomic E-state index is 13.4. The number of methoxy groups -OCH3 is 2. The van der Waals surface area contributed by atoms with Crippen LogP contribution in [0.1, 0.15) is 16.8 Å². The van der Waals surface area contributed by atoms with E-state index < -0.39 is 23.4 Å². The van der Waals surface area contributed by atoms with Gasteiger partial charge in [0, 0.05) is 41.6 Å². The molecule has 3 rings (SSSR count). The van der Waals surface area contributed by atoms with Gasteiger partial charge >= 0.3 is 17.3 Å². The maximum atomic E-state index is 13.4. The molecule has 3 aromatic heterocycles. The zero-order valence-electron chi connectivity index (χ0n) is 19.4. The summed E-state index contributed by atoms with van der Waals surface area (Å²) in [6.45, 7) is 3.44. The number of hydrogen-bond donors (Lipinski definition) is 1. The fourth-order valence-electron chi connectivity index (χ4n) is 3.32. The summed E-state index contributed by atoms with van der Waals surface area (Å²) in [6.07, 6.45) is 0.193. The molecule has 0 radical (unpaired) electrons. The van der Waals surface area contributed by atoms with Gasteiger partial charge < -0.3 is 28.8 Å². The van der Waals surface area contributed by atoms with Crippen molar-refractivity contribution in [3.05, 3.63) is 35.2 Å². The van der Waals surface area contributed by atoms with Crippen molar-refractivity contribution in [2.75, 3.05) is 34.4 Å². The molecule has 1 amide bonds. The summed E-state index contributed by atoms with van der Waals surface area (Å²) in [5, 5.41) is 8.64. The van der Waals surface area contributed by atoms with Crippen LogP contribution in [0.25, 0.3) is 11.2 Å². The number of carbonyl (C=O) groups is 2. The van der Waals surface area contributed by atoms with E-state index in [9.17, 15) is 14.1 Å². The molecule has 182 valence electrons. The van der Waals surface area contributed by atoms with Crippen molar-refractivity contribution in [1.82, 2.24) is 24.4 Å². The Morgan fingerprint density at radius 3 is 2.59 bits per heavy atom.